The van der Waals surface area contributed by atoms with E-state index in [-0.39, 0.29) is 0 Å². The lowest BCUT2D eigenvalue weighted by molar-refractivity contribution is 0.174. The van der Waals surface area contributed by atoms with Gasteiger partial charge in [-0.2, -0.15) is 5.26 Å². The highest BCUT2D eigenvalue weighted by molar-refractivity contribution is 5.42. The van der Waals surface area contributed by atoms with Crippen molar-refractivity contribution in [2.75, 3.05) is 24.5 Å². The van der Waals surface area contributed by atoms with Crippen molar-refractivity contribution in [1.82, 2.24) is 19.4 Å². The van der Waals surface area contributed by atoms with Gasteiger partial charge in [0.15, 0.2) is 0 Å². The fourth-order valence-corrected chi connectivity index (χ4v) is 3.04. The maximum absolute atomic E-state index is 8.86. The lowest BCUT2D eigenvalue weighted by Gasteiger charge is -2.40. The van der Waals surface area contributed by atoms with E-state index in [9.17, 15) is 0 Å². The number of aryl methyl sites for hydroxylation is 1. The molecule has 6 nitrogen and oxygen atoms in total. The maximum Gasteiger partial charge on any atom is 0.128 e. The van der Waals surface area contributed by atoms with Crippen LogP contribution in [0.3, 0.4) is 0 Å². The minimum absolute atomic E-state index is 0.434. The van der Waals surface area contributed by atoms with Crippen molar-refractivity contribution in [2.24, 2.45) is 0 Å². The summed E-state index contributed by atoms with van der Waals surface area (Å²) in [5.41, 5.74) is 0.604. The fraction of sp³-hybridized carbons (Fsp3) is 0.471. The number of nitriles is 1. The van der Waals surface area contributed by atoms with Crippen molar-refractivity contribution in [3.8, 4) is 6.07 Å². The van der Waals surface area contributed by atoms with Gasteiger partial charge in [0.1, 0.15) is 17.7 Å². The summed E-state index contributed by atoms with van der Waals surface area (Å²) in [4.78, 5) is 13.6. The minimum Gasteiger partial charge on any atom is -0.354 e. The molecule has 0 aromatic carbocycles. The SMILES string of the molecule is CCn1ccnc1CN1CCN(c2ccc(C#N)cn2)C[C@H]1C. The normalized spacial score (nSPS) is 18.8. The van der Waals surface area contributed by atoms with Crippen LogP contribution in [0.2, 0.25) is 0 Å². The maximum atomic E-state index is 8.86. The molecule has 1 fully saturated rings. The third kappa shape index (κ3) is 3.35. The first kappa shape index (κ1) is 15.5. The number of nitrogens with zero attached hydrogens (tertiary/aromatic N) is 6. The fourth-order valence-electron chi connectivity index (χ4n) is 3.04. The largest absolute Gasteiger partial charge is 0.354 e. The van der Waals surface area contributed by atoms with Gasteiger partial charge in [0.25, 0.3) is 0 Å². The Morgan fingerprint density at radius 1 is 1.30 bits per heavy atom. The second kappa shape index (κ2) is 6.80. The molecule has 6 heteroatoms. The molecule has 2 aromatic rings. The van der Waals surface area contributed by atoms with Crippen molar-refractivity contribution < 1.29 is 0 Å². The summed E-state index contributed by atoms with van der Waals surface area (Å²) >= 11 is 0. The number of piperazine rings is 1. The first-order chi connectivity index (χ1) is 11.2. The predicted molar refractivity (Wildman–Crippen MR) is 88.9 cm³/mol. The van der Waals surface area contributed by atoms with Gasteiger partial charge in [-0.1, -0.05) is 0 Å². The van der Waals surface area contributed by atoms with Crippen LogP contribution in [0.15, 0.2) is 30.7 Å². The molecule has 0 aliphatic carbocycles. The quantitative estimate of drug-likeness (QED) is 0.863. The molecule has 0 saturated carbocycles. The molecule has 0 N–H and O–H groups in total. The summed E-state index contributed by atoms with van der Waals surface area (Å²) in [6.45, 7) is 9.09. The molecule has 1 aliphatic rings. The molecule has 1 saturated heterocycles. The third-order valence-electron chi connectivity index (χ3n) is 4.45. The zero-order chi connectivity index (χ0) is 16.2. The lowest BCUT2D eigenvalue weighted by Crippen LogP contribution is -2.52. The van der Waals surface area contributed by atoms with Crippen LogP contribution in [0.4, 0.5) is 5.82 Å². The molecule has 0 bridgehead atoms. The Balaban J connectivity index is 1.64. The molecule has 0 spiro atoms. The summed E-state index contributed by atoms with van der Waals surface area (Å²) in [5, 5.41) is 8.86. The van der Waals surface area contributed by atoms with Crippen molar-refractivity contribution in [3.63, 3.8) is 0 Å². The van der Waals surface area contributed by atoms with Crippen LogP contribution in [0.1, 0.15) is 25.2 Å². The Morgan fingerprint density at radius 3 is 2.83 bits per heavy atom. The van der Waals surface area contributed by atoms with Crippen LogP contribution in [0, 0.1) is 11.3 Å². The highest BCUT2D eigenvalue weighted by atomic mass is 15.3. The first-order valence-corrected chi connectivity index (χ1v) is 8.06. The van der Waals surface area contributed by atoms with Crippen molar-refractivity contribution in [3.05, 3.63) is 42.1 Å². The van der Waals surface area contributed by atoms with E-state index in [2.05, 4.69) is 44.3 Å². The smallest absolute Gasteiger partial charge is 0.128 e. The summed E-state index contributed by atoms with van der Waals surface area (Å²) in [7, 11) is 0. The van der Waals surface area contributed by atoms with E-state index in [0.717, 1.165) is 44.4 Å². The molecule has 3 heterocycles. The minimum atomic E-state index is 0.434. The zero-order valence-corrected chi connectivity index (χ0v) is 13.7. The van der Waals surface area contributed by atoms with Gasteiger partial charge in [-0.3, -0.25) is 4.90 Å². The topological polar surface area (TPSA) is 61.0 Å². The average Bonchev–Trinajstić information content (AvgIpc) is 3.04. The second-order valence-electron chi connectivity index (χ2n) is 5.91. The van der Waals surface area contributed by atoms with E-state index in [1.165, 1.54) is 0 Å². The van der Waals surface area contributed by atoms with Gasteiger partial charge in [-0.05, 0) is 26.0 Å². The van der Waals surface area contributed by atoms with Gasteiger partial charge in [-0.15, -0.1) is 0 Å². The van der Waals surface area contributed by atoms with Crippen molar-refractivity contribution >= 4 is 5.82 Å². The van der Waals surface area contributed by atoms with E-state index in [4.69, 9.17) is 5.26 Å². The number of imidazole rings is 1. The van der Waals surface area contributed by atoms with Crippen LogP contribution >= 0.6 is 0 Å². The van der Waals surface area contributed by atoms with Crippen LogP contribution in [0.25, 0.3) is 0 Å². The Bertz CT molecular complexity index is 684. The summed E-state index contributed by atoms with van der Waals surface area (Å²) in [5.74, 6) is 2.08. The standard InChI is InChI=1S/C17H22N6/c1-3-21-7-6-19-17(21)13-22-8-9-23(12-14(22)2)16-5-4-15(10-18)11-20-16/h4-7,11,14H,3,8-9,12-13H2,1-2H3/t14-/m1/s1. The first-order valence-electron chi connectivity index (χ1n) is 8.06. The number of hydrogen-bond donors (Lipinski definition) is 0. The van der Waals surface area contributed by atoms with Gasteiger partial charge in [0.05, 0.1) is 12.1 Å². The van der Waals surface area contributed by atoms with E-state index in [1.54, 1.807) is 6.20 Å². The molecule has 23 heavy (non-hydrogen) atoms. The van der Waals surface area contributed by atoms with E-state index in [1.807, 2.05) is 24.5 Å². The van der Waals surface area contributed by atoms with Gasteiger partial charge >= 0.3 is 0 Å². The molecule has 1 aliphatic heterocycles. The Hall–Kier alpha value is -2.39. The molecule has 2 aromatic heterocycles. The summed E-state index contributed by atoms with van der Waals surface area (Å²) < 4.78 is 2.20. The molecular formula is C17H22N6. The number of rotatable bonds is 4. The number of aromatic nitrogens is 3. The Kier molecular flexibility index (Phi) is 4.58. The summed E-state index contributed by atoms with van der Waals surface area (Å²) in [6, 6.07) is 6.31. The second-order valence-corrected chi connectivity index (χ2v) is 5.91. The van der Waals surface area contributed by atoms with Gasteiger partial charge in [-0.25, -0.2) is 9.97 Å². The van der Waals surface area contributed by atoms with Crippen LogP contribution in [-0.2, 0) is 13.1 Å². The van der Waals surface area contributed by atoms with Crippen molar-refractivity contribution in [2.45, 2.75) is 33.0 Å². The number of anilines is 1. The van der Waals surface area contributed by atoms with Gasteiger partial charge < -0.3 is 9.47 Å². The van der Waals surface area contributed by atoms with E-state index < -0.39 is 0 Å². The molecule has 0 radical (unpaired) electrons. The van der Waals surface area contributed by atoms with Crippen LogP contribution in [0.5, 0.6) is 0 Å². The van der Waals surface area contributed by atoms with Gasteiger partial charge in [0.2, 0.25) is 0 Å². The highest BCUT2D eigenvalue weighted by Gasteiger charge is 2.25. The number of pyridine rings is 1. The molecular weight excluding hydrogens is 288 g/mol. The number of hydrogen-bond acceptors (Lipinski definition) is 5. The third-order valence-corrected chi connectivity index (χ3v) is 4.45. The predicted octanol–water partition coefficient (Wildman–Crippen LogP) is 1.88. The van der Waals surface area contributed by atoms with Crippen LogP contribution in [-0.4, -0.2) is 45.1 Å². The van der Waals surface area contributed by atoms with Crippen LogP contribution < -0.4 is 4.90 Å². The highest BCUT2D eigenvalue weighted by Crippen LogP contribution is 2.18. The van der Waals surface area contributed by atoms with E-state index >= 15 is 0 Å². The molecule has 3 rings (SSSR count). The monoisotopic (exact) mass is 310 g/mol. The molecule has 0 unspecified atom stereocenters. The van der Waals surface area contributed by atoms with Crippen molar-refractivity contribution in [1.29, 1.82) is 5.26 Å². The summed E-state index contributed by atoms with van der Waals surface area (Å²) in [6.07, 6.45) is 5.56. The Morgan fingerprint density at radius 2 is 2.17 bits per heavy atom. The zero-order valence-electron chi connectivity index (χ0n) is 13.7. The molecule has 0 amide bonds. The lowest BCUT2D eigenvalue weighted by atomic mass is 10.2. The Labute approximate surface area is 137 Å². The molecule has 120 valence electrons. The van der Waals surface area contributed by atoms with E-state index in [0.29, 0.717) is 11.6 Å². The molecule has 1 atom stereocenters. The van der Waals surface area contributed by atoms with Gasteiger partial charge in [0, 0.05) is 50.8 Å². The average molecular weight is 310 g/mol.